The summed E-state index contributed by atoms with van der Waals surface area (Å²) in [5.74, 6) is 0. The van der Waals surface area contributed by atoms with E-state index in [0.717, 1.165) is 4.90 Å². The molecule has 1 heterocycles. The molecule has 0 saturated heterocycles. The van der Waals surface area contributed by atoms with Gasteiger partial charge in [-0.3, -0.25) is 0 Å². The molecule has 1 rings (SSSR count). The third kappa shape index (κ3) is 0.857. The minimum atomic E-state index is -0.815. The molecule has 0 saturated carbocycles. The Morgan fingerprint density at radius 1 is 1.78 bits per heavy atom. The fraction of sp³-hybridized carbons (Fsp3) is 0.333. The Hall–Kier alpha value is -1.46. The first-order valence-corrected chi connectivity index (χ1v) is 2.20. The van der Waals surface area contributed by atoms with Crippen molar-refractivity contribution in [2.24, 2.45) is 16.0 Å². The third-order valence-corrected chi connectivity index (χ3v) is 0.858. The van der Waals surface area contributed by atoms with Crippen LogP contribution in [0.25, 0.3) is 0 Å². The van der Waals surface area contributed by atoms with Crippen LogP contribution in [0.2, 0.25) is 0 Å². The number of hydrogen-bond donors (Lipinski definition) is 1. The van der Waals surface area contributed by atoms with Gasteiger partial charge in [-0.05, 0) is 0 Å². The molecule has 48 valence electrons. The zero-order valence-corrected chi connectivity index (χ0v) is 4.44. The van der Waals surface area contributed by atoms with Crippen molar-refractivity contribution in [2.75, 3.05) is 6.67 Å². The second-order valence-electron chi connectivity index (χ2n) is 1.43. The van der Waals surface area contributed by atoms with Gasteiger partial charge in [-0.25, -0.2) is 14.5 Å². The summed E-state index contributed by atoms with van der Waals surface area (Å²) in [6.07, 6.45) is 0. The highest BCUT2D eigenvalue weighted by Gasteiger charge is 2.22. The minimum absolute atomic E-state index is 0.0475. The lowest BCUT2D eigenvalue weighted by Crippen LogP contribution is -2.35. The fourth-order valence-electron chi connectivity index (χ4n) is 0.434. The SMILES string of the molecule is NC(=O)N1CN=NC1=O. The van der Waals surface area contributed by atoms with Crippen LogP contribution in [0, 0.1) is 0 Å². The molecule has 0 aliphatic carbocycles. The van der Waals surface area contributed by atoms with Crippen LogP contribution in [-0.4, -0.2) is 23.6 Å². The number of urea groups is 2. The molecule has 1 aliphatic rings. The van der Waals surface area contributed by atoms with Crippen molar-refractivity contribution in [1.29, 1.82) is 0 Å². The third-order valence-electron chi connectivity index (χ3n) is 0.858. The molecule has 4 amide bonds. The van der Waals surface area contributed by atoms with Gasteiger partial charge in [0.25, 0.3) is 0 Å². The number of amides is 4. The molecular formula is C3H4N4O2. The van der Waals surface area contributed by atoms with Crippen LogP contribution in [0.3, 0.4) is 0 Å². The van der Waals surface area contributed by atoms with E-state index in [0.29, 0.717) is 0 Å². The van der Waals surface area contributed by atoms with Gasteiger partial charge in [-0.15, -0.1) is 0 Å². The van der Waals surface area contributed by atoms with Crippen molar-refractivity contribution in [2.45, 2.75) is 0 Å². The highest BCUT2D eigenvalue weighted by atomic mass is 16.2. The lowest BCUT2D eigenvalue weighted by molar-refractivity contribution is 0.205. The first-order chi connectivity index (χ1) is 4.22. The van der Waals surface area contributed by atoms with Crippen molar-refractivity contribution >= 4 is 12.1 Å². The summed E-state index contributed by atoms with van der Waals surface area (Å²) in [5, 5.41) is 6.32. The molecule has 6 heteroatoms. The van der Waals surface area contributed by atoms with Gasteiger partial charge in [0.2, 0.25) is 0 Å². The zero-order chi connectivity index (χ0) is 6.85. The summed E-state index contributed by atoms with van der Waals surface area (Å²) >= 11 is 0. The summed E-state index contributed by atoms with van der Waals surface area (Å²) in [7, 11) is 0. The standard InChI is InChI=1S/C3H4N4O2/c4-2(8)7-1-5-6-3(7)9/h1H2,(H2,4,8). The van der Waals surface area contributed by atoms with E-state index in [4.69, 9.17) is 5.73 Å². The molecule has 0 aromatic heterocycles. The molecule has 0 unspecified atom stereocenters. The molecule has 1 aliphatic heterocycles. The van der Waals surface area contributed by atoms with Crippen molar-refractivity contribution in [3.8, 4) is 0 Å². The van der Waals surface area contributed by atoms with E-state index in [1.807, 2.05) is 0 Å². The van der Waals surface area contributed by atoms with E-state index in [9.17, 15) is 9.59 Å². The minimum Gasteiger partial charge on any atom is -0.351 e. The molecule has 0 fully saturated rings. The number of rotatable bonds is 0. The maximum atomic E-state index is 10.4. The normalized spacial score (nSPS) is 16.9. The highest BCUT2D eigenvalue weighted by molar-refractivity contribution is 5.93. The number of carbonyl (C=O) groups is 2. The van der Waals surface area contributed by atoms with Gasteiger partial charge >= 0.3 is 12.1 Å². The smallest absolute Gasteiger partial charge is 0.351 e. The predicted octanol–water partition coefficient (Wildman–Crippen LogP) is -0.0896. The topological polar surface area (TPSA) is 88.1 Å². The van der Waals surface area contributed by atoms with Gasteiger partial charge in [0.05, 0.1) is 0 Å². The largest absolute Gasteiger partial charge is 0.371 e. The fourth-order valence-corrected chi connectivity index (χ4v) is 0.434. The summed E-state index contributed by atoms with van der Waals surface area (Å²) in [5.41, 5.74) is 4.73. The van der Waals surface area contributed by atoms with E-state index >= 15 is 0 Å². The second-order valence-corrected chi connectivity index (χ2v) is 1.43. The van der Waals surface area contributed by atoms with E-state index in [2.05, 4.69) is 10.2 Å². The van der Waals surface area contributed by atoms with Crippen molar-refractivity contribution in [1.82, 2.24) is 4.90 Å². The first-order valence-electron chi connectivity index (χ1n) is 2.20. The van der Waals surface area contributed by atoms with Gasteiger partial charge in [0, 0.05) is 0 Å². The molecule has 0 aromatic carbocycles. The second kappa shape index (κ2) is 1.81. The van der Waals surface area contributed by atoms with E-state index < -0.39 is 12.1 Å². The summed E-state index contributed by atoms with van der Waals surface area (Å²) < 4.78 is 0. The van der Waals surface area contributed by atoms with Crippen LogP contribution in [0.1, 0.15) is 0 Å². The maximum Gasteiger partial charge on any atom is 0.371 e. The molecule has 0 radical (unpaired) electrons. The molecule has 9 heavy (non-hydrogen) atoms. The number of azo groups is 1. The molecular weight excluding hydrogens is 124 g/mol. The van der Waals surface area contributed by atoms with Crippen molar-refractivity contribution in [3.05, 3.63) is 0 Å². The molecule has 6 nitrogen and oxygen atoms in total. The van der Waals surface area contributed by atoms with Crippen LogP contribution in [-0.2, 0) is 0 Å². The van der Waals surface area contributed by atoms with Crippen LogP contribution in [0.5, 0.6) is 0 Å². The Labute approximate surface area is 50.3 Å². The Balaban J connectivity index is 2.66. The van der Waals surface area contributed by atoms with Crippen LogP contribution >= 0.6 is 0 Å². The first kappa shape index (κ1) is 5.67. The van der Waals surface area contributed by atoms with E-state index in [-0.39, 0.29) is 6.67 Å². The van der Waals surface area contributed by atoms with Crippen LogP contribution < -0.4 is 5.73 Å². The molecule has 0 spiro atoms. The van der Waals surface area contributed by atoms with Gasteiger partial charge in [-0.2, -0.15) is 5.11 Å². The van der Waals surface area contributed by atoms with Crippen LogP contribution in [0.15, 0.2) is 10.2 Å². The van der Waals surface area contributed by atoms with E-state index in [1.165, 1.54) is 0 Å². The van der Waals surface area contributed by atoms with Gasteiger partial charge < -0.3 is 5.73 Å². The monoisotopic (exact) mass is 128 g/mol. The lowest BCUT2D eigenvalue weighted by Gasteiger charge is -2.03. The molecule has 0 atom stereocenters. The Morgan fingerprint density at radius 3 is 2.67 bits per heavy atom. The van der Waals surface area contributed by atoms with Gasteiger partial charge in [-0.1, -0.05) is 5.11 Å². The molecule has 0 aromatic rings. The zero-order valence-electron chi connectivity index (χ0n) is 4.44. The molecule has 0 bridgehead atoms. The van der Waals surface area contributed by atoms with Gasteiger partial charge in [0.1, 0.15) is 6.67 Å². The summed E-state index contributed by atoms with van der Waals surface area (Å²) in [6.45, 7) is -0.0475. The number of nitrogens with two attached hydrogens (primary N) is 1. The summed E-state index contributed by atoms with van der Waals surface area (Å²) in [6, 6.07) is -1.51. The Morgan fingerprint density at radius 2 is 2.44 bits per heavy atom. The number of carbonyl (C=O) groups excluding carboxylic acids is 2. The lowest BCUT2D eigenvalue weighted by atomic mass is 10.8. The summed E-state index contributed by atoms with van der Waals surface area (Å²) in [4.78, 5) is 21.3. The Bertz CT molecular complexity index is 186. The highest BCUT2D eigenvalue weighted by Crippen LogP contribution is 2.01. The maximum absolute atomic E-state index is 10.4. The number of imide groups is 1. The number of primary amides is 1. The Kier molecular flexibility index (Phi) is 1.14. The van der Waals surface area contributed by atoms with Crippen LogP contribution in [0.4, 0.5) is 9.59 Å². The predicted molar refractivity (Wildman–Crippen MR) is 26.5 cm³/mol. The quantitative estimate of drug-likeness (QED) is 0.494. The van der Waals surface area contributed by atoms with Gasteiger partial charge in [0.15, 0.2) is 0 Å². The average Bonchev–Trinajstić information content (AvgIpc) is 2.13. The number of hydrogen-bond acceptors (Lipinski definition) is 3. The molecule has 2 N–H and O–H groups in total. The van der Waals surface area contributed by atoms with E-state index in [1.54, 1.807) is 0 Å². The van der Waals surface area contributed by atoms with Crippen molar-refractivity contribution < 1.29 is 9.59 Å². The number of nitrogens with zero attached hydrogens (tertiary/aromatic N) is 3. The van der Waals surface area contributed by atoms with Crippen molar-refractivity contribution in [3.63, 3.8) is 0 Å². The average molecular weight is 128 g/mol.